The van der Waals surface area contributed by atoms with Crippen LogP contribution in [0.3, 0.4) is 0 Å². The largest absolute Gasteiger partial charge is 0.379 e. The zero-order chi connectivity index (χ0) is 23.4. The van der Waals surface area contributed by atoms with Crippen LogP contribution in [0.15, 0.2) is 53.4 Å². The molecule has 2 aliphatic heterocycles. The molecule has 2 heterocycles. The fraction of sp³-hybridized carbons (Fsp3) is 0.391. The first-order chi connectivity index (χ1) is 15.8. The van der Waals surface area contributed by atoms with E-state index in [1.54, 1.807) is 17.0 Å². The topological polar surface area (TPSA) is 96.0 Å². The van der Waals surface area contributed by atoms with Crippen molar-refractivity contribution < 1.29 is 27.1 Å². The number of carbonyl (C=O) groups is 2. The summed E-state index contributed by atoms with van der Waals surface area (Å²) in [5.41, 5.74) is 1.20. The lowest BCUT2D eigenvalue weighted by Crippen LogP contribution is -2.40. The minimum atomic E-state index is -3.61. The summed E-state index contributed by atoms with van der Waals surface area (Å²) in [5.74, 6) is -0.673. The van der Waals surface area contributed by atoms with Gasteiger partial charge in [0.1, 0.15) is 5.82 Å². The molecule has 2 aromatic rings. The Morgan fingerprint density at radius 3 is 2.39 bits per heavy atom. The van der Waals surface area contributed by atoms with E-state index in [9.17, 15) is 22.4 Å². The maximum absolute atomic E-state index is 13.1. The van der Waals surface area contributed by atoms with Crippen LogP contribution in [-0.4, -0.2) is 68.8 Å². The Morgan fingerprint density at radius 2 is 1.73 bits per heavy atom. The number of hydrogen-bond donors (Lipinski definition) is 1. The Balaban J connectivity index is 1.30. The van der Waals surface area contributed by atoms with Gasteiger partial charge in [-0.25, -0.2) is 12.8 Å². The highest BCUT2D eigenvalue weighted by atomic mass is 32.2. The van der Waals surface area contributed by atoms with E-state index in [1.165, 1.54) is 40.7 Å². The van der Waals surface area contributed by atoms with Crippen LogP contribution in [0.1, 0.15) is 22.3 Å². The quantitative estimate of drug-likeness (QED) is 0.657. The molecule has 4 rings (SSSR count). The maximum atomic E-state index is 13.1. The van der Waals surface area contributed by atoms with Crippen LogP contribution in [0.5, 0.6) is 0 Å². The zero-order valence-electron chi connectivity index (χ0n) is 18.1. The number of hydrogen-bond acceptors (Lipinski definition) is 5. The molecule has 33 heavy (non-hydrogen) atoms. The average Bonchev–Trinajstić information content (AvgIpc) is 3.18. The number of rotatable bonds is 7. The number of morpholine rings is 1. The average molecular weight is 476 g/mol. The smallest absolute Gasteiger partial charge is 0.251 e. The minimum Gasteiger partial charge on any atom is -0.379 e. The van der Waals surface area contributed by atoms with E-state index in [0.717, 1.165) is 5.56 Å². The molecule has 0 radical (unpaired) electrons. The van der Waals surface area contributed by atoms with Crippen molar-refractivity contribution in [2.45, 2.75) is 17.9 Å². The number of nitrogens with one attached hydrogen (secondary N) is 1. The molecule has 2 saturated heterocycles. The van der Waals surface area contributed by atoms with E-state index < -0.39 is 10.0 Å². The molecule has 2 aliphatic rings. The normalized spacial score (nSPS) is 19.6. The molecule has 0 bridgehead atoms. The first-order valence-corrected chi connectivity index (χ1v) is 12.3. The van der Waals surface area contributed by atoms with Gasteiger partial charge in [0, 0.05) is 50.6 Å². The Morgan fingerprint density at radius 1 is 1.06 bits per heavy atom. The number of halogens is 1. The monoisotopic (exact) mass is 475 g/mol. The SMILES string of the molecule is O=C(NCC1CC(=O)N(Cc2ccc(F)cc2)C1)c1ccc(S(=O)(=O)N2CCOCC2)cc1. The second-order valence-electron chi connectivity index (χ2n) is 8.22. The third kappa shape index (κ3) is 5.58. The number of amides is 2. The molecule has 0 aliphatic carbocycles. The zero-order valence-corrected chi connectivity index (χ0v) is 18.9. The van der Waals surface area contributed by atoms with Crippen molar-refractivity contribution >= 4 is 21.8 Å². The molecule has 0 saturated carbocycles. The van der Waals surface area contributed by atoms with Gasteiger partial charge in [0.25, 0.3) is 5.91 Å². The van der Waals surface area contributed by atoms with Gasteiger partial charge < -0.3 is 15.0 Å². The Bertz CT molecular complexity index is 1100. The Hall–Kier alpha value is -2.82. The number of ether oxygens (including phenoxy) is 1. The second kappa shape index (κ2) is 9.98. The summed E-state index contributed by atoms with van der Waals surface area (Å²) in [4.78, 5) is 26.7. The highest BCUT2D eigenvalue weighted by Gasteiger charge is 2.30. The summed E-state index contributed by atoms with van der Waals surface area (Å²) < 4.78 is 45.0. The lowest BCUT2D eigenvalue weighted by molar-refractivity contribution is -0.128. The molecule has 10 heteroatoms. The van der Waals surface area contributed by atoms with E-state index in [-0.39, 0.29) is 28.4 Å². The standard InChI is InChI=1S/C23H26FN3O5S/c24-20-5-1-17(2-6-20)15-26-16-18(13-22(26)28)14-25-23(29)19-3-7-21(8-4-19)33(30,31)27-9-11-32-12-10-27/h1-8,18H,9-16H2,(H,25,29). The second-order valence-corrected chi connectivity index (χ2v) is 10.2. The fourth-order valence-corrected chi connectivity index (χ4v) is 5.42. The highest BCUT2D eigenvalue weighted by molar-refractivity contribution is 7.89. The molecule has 1 unspecified atom stereocenters. The van der Waals surface area contributed by atoms with E-state index in [1.807, 2.05) is 0 Å². The summed E-state index contributed by atoms with van der Waals surface area (Å²) in [6.07, 6.45) is 0.332. The third-order valence-corrected chi connectivity index (χ3v) is 7.77. The molecule has 0 aromatic heterocycles. The van der Waals surface area contributed by atoms with Crippen LogP contribution in [0, 0.1) is 11.7 Å². The van der Waals surface area contributed by atoms with Crippen molar-refractivity contribution in [3.8, 4) is 0 Å². The van der Waals surface area contributed by atoms with Crippen LogP contribution in [0.4, 0.5) is 4.39 Å². The number of nitrogens with zero attached hydrogens (tertiary/aromatic N) is 2. The van der Waals surface area contributed by atoms with Crippen LogP contribution >= 0.6 is 0 Å². The van der Waals surface area contributed by atoms with Gasteiger partial charge in [0.05, 0.1) is 18.1 Å². The minimum absolute atomic E-state index is 0.00348. The van der Waals surface area contributed by atoms with Gasteiger partial charge in [-0.2, -0.15) is 4.31 Å². The Kier molecular flexibility index (Phi) is 7.06. The van der Waals surface area contributed by atoms with Gasteiger partial charge in [-0.05, 0) is 42.0 Å². The van der Waals surface area contributed by atoms with Crippen LogP contribution in [0.25, 0.3) is 0 Å². The number of likely N-dealkylation sites (tertiary alicyclic amines) is 1. The van der Waals surface area contributed by atoms with E-state index in [0.29, 0.717) is 57.9 Å². The van der Waals surface area contributed by atoms with Crippen LogP contribution in [0.2, 0.25) is 0 Å². The maximum Gasteiger partial charge on any atom is 0.251 e. The summed E-state index contributed by atoms with van der Waals surface area (Å²) in [6.45, 7) is 2.59. The van der Waals surface area contributed by atoms with Gasteiger partial charge >= 0.3 is 0 Å². The summed E-state index contributed by atoms with van der Waals surface area (Å²) in [6, 6.07) is 11.9. The van der Waals surface area contributed by atoms with Crippen molar-refractivity contribution in [2.24, 2.45) is 5.92 Å². The summed E-state index contributed by atoms with van der Waals surface area (Å²) in [5, 5.41) is 2.83. The van der Waals surface area contributed by atoms with Gasteiger partial charge in [-0.1, -0.05) is 12.1 Å². The molecule has 2 amide bonds. The number of benzene rings is 2. The number of carbonyl (C=O) groups excluding carboxylic acids is 2. The molecule has 8 nitrogen and oxygen atoms in total. The molecular formula is C23H26FN3O5S. The molecule has 2 aromatic carbocycles. The van der Waals surface area contributed by atoms with Crippen molar-refractivity contribution in [3.63, 3.8) is 0 Å². The molecule has 1 atom stereocenters. The van der Waals surface area contributed by atoms with Gasteiger partial charge in [-0.15, -0.1) is 0 Å². The lowest BCUT2D eigenvalue weighted by Gasteiger charge is -2.26. The number of sulfonamides is 1. The first-order valence-electron chi connectivity index (χ1n) is 10.8. The van der Waals surface area contributed by atoms with E-state index >= 15 is 0 Å². The van der Waals surface area contributed by atoms with Crippen LogP contribution < -0.4 is 5.32 Å². The molecular weight excluding hydrogens is 449 g/mol. The Labute approximate surface area is 192 Å². The van der Waals surface area contributed by atoms with Gasteiger partial charge in [0.15, 0.2) is 0 Å². The predicted molar refractivity (Wildman–Crippen MR) is 118 cm³/mol. The predicted octanol–water partition coefficient (Wildman–Crippen LogP) is 1.63. The van der Waals surface area contributed by atoms with Gasteiger partial charge in [0.2, 0.25) is 15.9 Å². The van der Waals surface area contributed by atoms with Crippen molar-refractivity contribution in [2.75, 3.05) is 39.4 Å². The van der Waals surface area contributed by atoms with Crippen molar-refractivity contribution in [1.82, 2.24) is 14.5 Å². The summed E-state index contributed by atoms with van der Waals surface area (Å²) in [7, 11) is -3.61. The highest BCUT2D eigenvalue weighted by Crippen LogP contribution is 2.21. The van der Waals surface area contributed by atoms with Crippen molar-refractivity contribution in [1.29, 1.82) is 0 Å². The first kappa shape index (κ1) is 23.3. The molecule has 176 valence electrons. The molecule has 0 spiro atoms. The van der Waals surface area contributed by atoms with Crippen molar-refractivity contribution in [3.05, 3.63) is 65.5 Å². The third-order valence-electron chi connectivity index (χ3n) is 5.86. The summed E-state index contributed by atoms with van der Waals surface area (Å²) >= 11 is 0. The lowest BCUT2D eigenvalue weighted by atomic mass is 10.1. The van der Waals surface area contributed by atoms with E-state index in [2.05, 4.69) is 5.32 Å². The molecule has 2 fully saturated rings. The fourth-order valence-electron chi connectivity index (χ4n) is 4.01. The molecule has 1 N–H and O–H groups in total. The van der Waals surface area contributed by atoms with E-state index in [4.69, 9.17) is 4.74 Å². The van der Waals surface area contributed by atoms with Crippen LogP contribution in [-0.2, 0) is 26.1 Å². The van der Waals surface area contributed by atoms with Gasteiger partial charge in [-0.3, -0.25) is 9.59 Å².